The summed E-state index contributed by atoms with van der Waals surface area (Å²) in [5.41, 5.74) is 0.888. The van der Waals surface area contributed by atoms with Crippen LogP contribution in [-0.2, 0) is 0 Å². The molecule has 1 atom stereocenters. The minimum Gasteiger partial charge on any atom is -0.331 e. The van der Waals surface area contributed by atoms with E-state index in [4.69, 9.17) is 0 Å². The number of nitrogens with one attached hydrogen (secondary N) is 1. The van der Waals surface area contributed by atoms with Crippen LogP contribution >= 0.6 is 0 Å². The van der Waals surface area contributed by atoms with E-state index in [-0.39, 0.29) is 17.9 Å². The summed E-state index contributed by atoms with van der Waals surface area (Å²) in [5.74, 6) is -0.270. The van der Waals surface area contributed by atoms with E-state index in [1.165, 1.54) is 12.1 Å². The summed E-state index contributed by atoms with van der Waals surface area (Å²) in [5, 5.41) is 2.83. The summed E-state index contributed by atoms with van der Waals surface area (Å²) in [7, 11) is 1.73. The summed E-state index contributed by atoms with van der Waals surface area (Å²) in [4.78, 5) is 13.1. The Labute approximate surface area is 95.3 Å². The molecule has 88 valence electrons. The molecule has 4 heteroatoms. The van der Waals surface area contributed by atoms with Crippen LogP contribution in [0.25, 0.3) is 0 Å². The molecule has 0 spiro atoms. The standard InChI is InChI=1S/C12H17FN2O/c1-4-15(3)12(16)14-9(2)10-5-7-11(13)8-6-10/h5-9H,4H2,1-3H3,(H,14,16). The first-order valence-corrected chi connectivity index (χ1v) is 5.31. The van der Waals surface area contributed by atoms with Crippen LogP contribution in [0.1, 0.15) is 25.5 Å². The van der Waals surface area contributed by atoms with Crippen LogP contribution in [0.15, 0.2) is 24.3 Å². The lowest BCUT2D eigenvalue weighted by Crippen LogP contribution is -2.38. The molecular formula is C12H17FN2O. The molecule has 3 nitrogen and oxygen atoms in total. The van der Waals surface area contributed by atoms with Crippen molar-refractivity contribution in [2.24, 2.45) is 0 Å². The van der Waals surface area contributed by atoms with Gasteiger partial charge in [0, 0.05) is 13.6 Å². The third kappa shape index (κ3) is 3.22. The molecule has 1 N–H and O–H groups in total. The van der Waals surface area contributed by atoms with Crippen LogP contribution in [0.4, 0.5) is 9.18 Å². The van der Waals surface area contributed by atoms with Gasteiger partial charge in [0.05, 0.1) is 6.04 Å². The third-order valence-electron chi connectivity index (χ3n) is 2.53. The molecule has 0 bridgehead atoms. The first-order chi connectivity index (χ1) is 7.54. The van der Waals surface area contributed by atoms with E-state index >= 15 is 0 Å². The molecule has 0 aliphatic heterocycles. The number of hydrogen-bond acceptors (Lipinski definition) is 1. The summed E-state index contributed by atoms with van der Waals surface area (Å²) < 4.78 is 12.7. The smallest absolute Gasteiger partial charge is 0.317 e. The normalized spacial score (nSPS) is 12.0. The van der Waals surface area contributed by atoms with Gasteiger partial charge in [0.25, 0.3) is 0 Å². The Morgan fingerprint density at radius 3 is 2.50 bits per heavy atom. The second kappa shape index (κ2) is 5.49. The molecule has 0 heterocycles. The Kier molecular flexibility index (Phi) is 4.28. The minimum atomic E-state index is -0.270. The Hall–Kier alpha value is -1.58. The lowest BCUT2D eigenvalue weighted by Gasteiger charge is -2.20. The van der Waals surface area contributed by atoms with Crippen LogP contribution in [0.2, 0.25) is 0 Å². The van der Waals surface area contributed by atoms with Gasteiger partial charge in [-0.05, 0) is 31.5 Å². The maximum absolute atomic E-state index is 12.7. The van der Waals surface area contributed by atoms with E-state index in [0.717, 1.165) is 5.56 Å². The molecule has 0 saturated carbocycles. The average Bonchev–Trinajstić information content (AvgIpc) is 2.28. The van der Waals surface area contributed by atoms with Crippen LogP contribution in [0.5, 0.6) is 0 Å². The summed E-state index contributed by atoms with van der Waals surface area (Å²) in [6.45, 7) is 4.43. The minimum absolute atomic E-state index is 0.123. The zero-order valence-electron chi connectivity index (χ0n) is 9.83. The molecular weight excluding hydrogens is 207 g/mol. The average molecular weight is 224 g/mol. The van der Waals surface area contributed by atoms with Gasteiger partial charge >= 0.3 is 6.03 Å². The van der Waals surface area contributed by atoms with Gasteiger partial charge in [0.15, 0.2) is 0 Å². The zero-order chi connectivity index (χ0) is 12.1. The van der Waals surface area contributed by atoms with Gasteiger partial charge < -0.3 is 10.2 Å². The topological polar surface area (TPSA) is 32.3 Å². The van der Waals surface area contributed by atoms with Crippen molar-refractivity contribution < 1.29 is 9.18 Å². The van der Waals surface area contributed by atoms with Crippen molar-refractivity contribution in [1.82, 2.24) is 10.2 Å². The van der Waals surface area contributed by atoms with Gasteiger partial charge in [-0.15, -0.1) is 0 Å². The molecule has 0 fully saturated rings. The van der Waals surface area contributed by atoms with Crippen molar-refractivity contribution in [3.63, 3.8) is 0 Å². The molecule has 0 radical (unpaired) electrons. The number of urea groups is 1. The Morgan fingerprint density at radius 2 is 2.00 bits per heavy atom. The van der Waals surface area contributed by atoms with Crippen molar-refractivity contribution in [3.05, 3.63) is 35.6 Å². The SMILES string of the molecule is CCN(C)C(=O)NC(C)c1ccc(F)cc1. The molecule has 1 unspecified atom stereocenters. The van der Waals surface area contributed by atoms with Crippen LogP contribution < -0.4 is 5.32 Å². The molecule has 16 heavy (non-hydrogen) atoms. The fraction of sp³-hybridized carbons (Fsp3) is 0.417. The highest BCUT2D eigenvalue weighted by Gasteiger charge is 2.11. The van der Waals surface area contributed by atoms with Crippen LogP contribution in [0, 0.1) is 5.82 Å². The first-order valence-electron chi connectivity index (χ1n) is 5.31. The van der Waals surface area contributed by atoms with E-state index in [1.807, 2.05) is 13.8 Å². The highest BCUT2D eigenvalue weighted by molar-refractivity contribution is 5.74. The van der Waals surface area contributed by atoms with E-state index in [2.05, 4.69) is 5.32 Å². The molecule has 1 aromatic carbocycles. The van der Waals surface area contributed by atoms with Crippen molar-refractivity contribution in [1.29, 1.82) is 0 Å². The predicted octanol–water partition coefficient (Wildman–Crippen LogP) is 2.55. The predicted molar refractivity (Wildman–Crippen MR) is 61.7 cm³/mol. The zero-order valence-corrected chi connectivity index (χ0v) is 9.83. The second-order valence-corrected chi connectivity index (χ2v) is 3.74. The molecule has 0 aliphatic carbocycles. The van der Waals surface area contributed by atoms with Crippen molar-refractivity contribution in [3.8, 4) is 0 Å². The van der Waals surface area contributed by atoms with Crippen molar-refractivity contribution in [2.45, 2.75) is 19.9 Å². The lowest BCUT2D eigenvalue weighted by molar-refractivity contribution is 0.208. The highest BCUT2D eigenvalue weighted by Crippen LogP contribution is 2.12. The van der Waals surface area contributed by atoms with Gasteiger partial charge in [-0.3, -0.25) is 0 Å². The number of carbonyl (C=O) groups is 1. The molecule has 2 amide bonds. The Balaban J connectivity index is 2.62. The van der Waals surface area contributed by atoms with Crippen molar-refractivity contribution in [2.75, 3.05) is 13.6 Å². The fourth-order valence-electron chi connectivity index (χ4n) is 1.27. The van der Waals surface area contributed by atoms with E-state index in [0.29, 0.717) is 6.54 Å². The molecule has 1 rings (SSSR count). The molecule has 0 saturated heterocycles. The molecule has 0 aliphatic rings. The monoisotopic (exact) mass is 224 g/mol. The van der Waals surface area contributed by atoms with Crippen LogP contribution in [0.3, 0.4) is 0 Å². The third-order valence-corrected chi connectivity index (χ3v) is 2.53. The van der Waals surface area contributed by atoms with E-state index < -0.39 is 0 Å². The number of benzene rings is 1. The van der Waals surface area contributed by atoms with Gasteiger partial charge in [-0.25, -0.2) is 9.18 Å². The van der Waals surface area contributed by atoms with Crippen molar-refractivity contribution >= 4 is 6.03 Å². The lowest BCUT2D eigenvalue weighted by atomic mass is 10.1. The highest BCUT2D eigenvalue weighted by atomic mass is 19.1. The van der Waals surface area contributed by atoms with E-state index in [1.54, 1.807) is 24.1 Å². The van der Waals surface area contributed by atoms with Crippen LogP contribution in [-0.4, -0.2) is 24.5 Å². The first kappa shape index (κ1) is 12.5. The van der Waals surface area contributed by atoms with Gasteiger partial charge in [0.2, 0.25) is 0 Å². The fourth-order valence-corrected chi connectivity index (χ4v) is 1.27. The summed E-state index contributed by atoms with van der Waals surface area (Å²) in [6.07, 6.45) is 0. The largest absolute Gasteiger partial charge is 0.331 e. The van der Waals surface area contributed by atoms with Gasteiger partial charge in [-0.1, -0.05) is 12.1 Å². The maximum atomic E-state index is 12.7. The van der Waals surface area contributed by atoms with Gasteiger partial charge in [-0.2, -0.15) is 0 Å². The number of nitrogens with zero attached hydrogens (tertiary/aromatic N) is 1. The van der Waals surface area contributed by atoms with E-state index in [9.17, 15) is 9.18 Å². The summed E-state index contributed by atoms with van der Waals surface area (Å²) >= 11 is 0. The maximum Gasteiger partial charge on any atom is 0.317 e. The summed E-state index contributed by atoms with van der Waals surface area (Å²) in [6, 6.07) is 5.88. The quantitative estimate of drug-likeness (QED) is 0.840. The number of hydrogen-bond donors (Lipinski definition) is 1. The van der Waals surface area contributed by atoms with Gasteiger partial charge in [0.1, 0.15) is 5.82 Å². The molecule has 1 aromatic rings. The second-order valence-electron chi connectivity index (χ2n) is 3.74. The Morgan fingerprint density at radius 1 is 1.44 bits per heavy atom. The number of halogens is 1. The number of carbonyl (C=O) groups excluding carboxylic acids is 1. The number of rotatable bonds is 3. The Bertz CT molecular complexity index is 351. The molecule has 0 aromatic heterocycles. The number of amides is 2.